The van der Waals surface area contributed by atoms with Crippen molar-refractivity contribution >= 4 is 49.3 Å². The Kier molecular flexibility index (Phi) is 5.45. The molecule has 0 radical (unpaired) electrons. The molecule has 0 N–H and O–H groups in total. The van der Waals surface area contributed by atoms with Gasteiger partial charge in [-0.25, -0.2) is 9.38 Å². The number of nitrogens with zero attached hydrogens (tertiary/aromatic N) is 2. The molecular weight excluding hydrogens is 488 g/mol. The summed E-state index contributed by atoms with van der Waals surface area (Å²) in [6, 6.07) is 19.6. The molecule has 5 aromatic rings. The van der Waals surface area contributed by atoms with Crippen LogP contribution in [0.1, 0.15) is 16.7 Å². The average molecular weight is 507 g/mol. The van der Waals surface area contributed by atoms with Crippen molar-refractivity contribution < 1.29 is 9.47 Å². The molecule has 3 aromatic carbocycles. The molecule has 0 aliphatic rings. The van der Waals surface area contributed by atoms with Gasteiger partial charge in [0.15, 0.2) is 16.5 Å². The minimum atomic E-state index is -0.0754. The Morgan fingerprint density at radius 2 is 1.97 bits per heavy atom. The molecule has 0 aliphatic heterocycles. The first kappa shape index (κ1) is 20.7. The molecule has 0 spiro atoms. The lowest BCUT2D eigenvalue weighted by Gasteiger charge is -2.14. The van der Waals surface area contributed by atoms with Gasteiger partial charge in [-0.15, -0.1) is 0 Å². The largest absolute Gasteiger partial charge is 0.493 e. The molecule has 0 amide bonds. The number of halogens is 1. The summed E-state index contributed by atoms with van der Waals surface area (Å²) in [4.78, 5) is 18.3. The van der Waals surface area contributed by atoms with Gasteiger partial charge in [0.1, 0.15) is 6.61 Å². The number of aromatic nitrogens is 2. The Morgan fingerprint density at radius 1 is 1.12 bits per heavy atom. The molecule has 0 saturated carbocycles. The van der Waals surface area contributed by atoms with E-state index in [9.17, 15) is 4.79 Å². The summed E-state index contributed by atoms with van der Waals surface area (Å²) in [6.45, 7) is 2.49. The molecule has 7 heteroatoms. The lowest BCUT2D eigenvalue weighted by atomic mass is 10.1. The normalized spacial score (nSPS) is 12.0. The first-order chi connectivity index (χ1) is 15.5. The predicted octanol–water partition coefficient (Wildman–Crippen LogP) is 5.12. The van der Waals surface area contributed by atoms with E-state index in [1.165, 1.54) is 16.9 Å². The topological polar surface area (TPSA) is 52.8 Å². The Hall–Kier alpha value is -3.16. The van der Waals surface area contributed by atoms with Crippen LogP contribution in [0.5, 0.6) is 11.5 Å². The molecule has 0 fully saturated rings. The van der Waals surface area contributed by atoms with Crippen LogP contribution in [0.2, 0.25) is 0 Å². The van der Waals surface area contributed by atoms with Crippen LogP contribution in [0.15, 0.2) is 69.9 Å². The summed E-state index contributed by atoms with van der Waals surface area (Å²) >= 11 is 4.97. The number of para-hydroxylation sites is 2. The van der Waals surface area contributed by atoms with Crippen LogP contribution >= 0.6 is 27.3 Å². The van der Waals surface area contributed by atoms with Gasteiger partial charge in [-0.1, -0.05) is 53.3 Å². The molecule has 0 aliphatic carbocycles. The van der Waals surface area contributed by atoms with E-state index in [2.05, 4.69) is 40.0 Å². The van der Waals surface area contributed by atoms with Gasteiger partial charge in [0.2, 0.25) is 0 Å². The molecule has 5 nitrogen and oxygen atoms in total. The minimum absolute atomic E-state index is 0.0754. The lowest BCUT2D eigenvalue weighted by Crippen LogP contribution is -2.22. The molecule has 2 aromatic heterocycles. The van der Waals surface area contributed by atoms with E-state index < -0.39 is 0 Å². The highest BCUT2D eigenvalue weighted by Crippen LogP contribution is 2.37. The number of methoxy groups -OCH3 is 1. The smallest absolute Gasteiger partial charge is 0.274 e. The summed E-state index contributed by atoms with van der Waals surface area (Å²) < 4.78 is 14.7. The fraction of sp³-hybridized carbons (Fsp3) is 0.120. The Labute approximate surface area is 196 Å². The van der Waals surface area contributed by atoms with Crippen LogP contribution in [0.3, 0.4) is 0 Å². The Morgan fingerprint density at radius 3 is 2.78 bits per heavy atom. The van der Waals surface area contributed by atoms with E-state index in [-0.39, 0.29) is 5.56 Å². The van der Waals surface area contributed by atoms with Crippen molar-refractivity contribution in [2.45, 2.75) is 13.5 Å². The maximum atomic E-state index is 13.0. The zero-order chi connectivity index (χ0) is 22.2. The van der Waals surface area contributed by atoms with E-state index in [4.69, 9.17) is 9.47 Å². The molecule has 0 atom stereocenters. The second-order valence-electron chi connectivity index (χ2n) is 7.45. The summed E-state index contributed by atoms with van der Waals surface area (Å²) in [6.07, 6.45) is 1.86. The Bertz CT molecular complexity index is 1570. The third-order valence-corrected chi connectivity index (χ3v) is 6.72. The average Bonchev–Trinajstić information content (AvgIpc) is 3.29. The van der Waals surface area contributed by atoms with E-state index in [0.717, 1.165) is 26.6 Å². The molecule has 5 rings (SSSR count). The maximum absolute atomic E-state index is 13.0. The van der Waals surface area contributed by atoms with Crippen molar-refractivity contribution in [2.24, 2.45) is 0 Å². The number of rotatable bonds is 5. The van der Waals surface area contributed by atoms with Crippen molar-refractivity contribution in [2.75, 3.05) is 7.11 Å². The fourth-order valence-electron chi connectivity index (χ4n) is 3.68. The standard InChI is InChI=1S/C25H19BrN2O3S/c1-15-6-5-7-16(10-15)14-31-23-18(26)11-17(12-21(23)30-2)13-22-24(29)28-20-9-4-3-8-19(20)27-25(28)32-22/h3-13H,14H2,1-2H3/b22-13+. The molecule has 160 valence electrons. The highest BCUT2D eigenvalue weighted by molar-refractivity contribution is 9.10. The van der Waals surface area contributed by atoms with Crippen LogP contribution in [-0.2, 0) is 6.61 Å². The Balaban J connectivity index is 1.52. The fourth-order valence-corrected chi connectivity index (χ4v) is 5.25. The first-order valence-corrected chi connectivity index (χ1v) is 11.6. The van der Waals surface area contributed by atoms with Crippen LogP contribution in [0.25, 0.3) is 22.1 Å². The number of fused-ring (bicyclic) bond motifs is 3. The lowest BCUT2D eigenvalue weighted by molar-refractivity contribution is 0.282. The van der Waals surface area contributed by atoms with Crippen LogP contribution in [-0.4, -0.2) is 16.5 Å². The van der Waals surface area contributed by atoms with Crippen LogP contribution < -0.4 is 19.6 Å². The number of aryl methyl sites for hydroxylation is 1. The maximum Gasteiger partial charge on any atom is 0.274 e. The number of benzene rings is 3. The highest BCUT2D eigenvalue weighted by atomic mass is 79.9. The van der Waals surface area contributed by atoms with Gasteiger partial charge in [0, 0.05) is 0 Å². The van der Waals surface area contributed by atoms with Gasteiger partial charge in [-0.05, 0) is 64.3 Å². The second-order valence-corrected chi connectivity index (χ2v) is 9.31. The van der Waals surface area contributed by atoms with Gasteiger partial charge in [-0.2, -0.15) is 0 Å². The summed E-state index contributed by atoms with van der Waals surface area (Å²) in [5, 5.41) is 0. The SMILES string of the molecule is COc1cc(/C=c2/sc3nc4ccccc4n3c2=O)cc(Br)c1OCc1cccc(C)c1. The van der Waals surface area contributed by atoms with E-state index in [0.29, 0.717) is 27.6 Å². The minimum Gasteiger partial charge on any atom is -0.493 e. The third-order valence-electron chi connectivity index (χ3n) is 5.16. The summed E-state index contributed by atoms with van der Waals surface area (Å²) in [5.74, 6) is 1.22. The summed E-state index contributed by atoms with van der Waals surface area (Å²) in [7, 11) is 1.61. The van der Waals surface area contributed by atoms with Crippen molar-refractivity contribution in [3.63, 3.8) is 0 Å². The van der Waals surface area contributed by atoms with Gasteiger partial charge in [0.05, 0.1) is 27.1 Å². The van der Waals surface area contributed by atoms with E-state index >= 15 is 0 Å². The number of thiazole rings is 1. The van der Waals surface area contributed by atoms with Gasteiger partial charge >= 0.3 is 0 Å². The van der Waals surface area contributed by atoms with Crippen molar-refractivity contribution in [3.8, 4) is 11.5 Å². The zero-order valence-electron chi connectivity index (χ0n) is 17.5. The zero-order valence-corrected chi connectivity index (χ0v) is 19.9. The van der Waals surface area contributed by atoms with Gasteiger partial charge < -0.3 is 9.47 Å². The van der Waals surface area contributed by atoms with E-state index in [1.807, 2.05) is 54.6 Å². The number of hydrogen-bond acceptors (Lipinski definition) is 5. The molecular formula is C25H19BrN2O3S. The number of ether oxygens (including phenoxy) is 2. The van der Waals surface area contributed by atoms with Crippen molar-refractivity contribution in [3.05, 3.63) is 96.7 Å². The van der Waals surface area contributed by atoms with Crippen LogP contribution in [0, 0.1) is 6.92 Å². The van der Waals surface area contributed by atoms with Crippen molar-refractivity contribution in [1.29, 1.82) is 0 Å². The second kappa shape index (κ2) is 8.41. The van der Waals surface area contributed by atoms with Gasteiger partial charge in [0.25, 0.3) is 5.56 Å². The van der Waals surface area contributed by atoms with Gasteiger partial charge in [-0.3, -0.25) is 4.79 Å². The number of imidazole rings is 1. The molecule has 0 saturated heterocycles. The summed E-state index contributed by atoms with van der Waals surface area (Å²) in [5.41, 5.74) is 4.67. The molecule has 2 heterocycles. The molecule has 32 heavy (non-hydrogen) atoms. The highest BCUT2D eigenvalue weighted by Gasteiger charge is 2.14. The van der Waals surface area contributed by atoms with E-state index in [1.54, 1.807) is 11.5 Å². The quantitative estimate of drug-likeness (QED) is 0.332. The number of hydrogen-bond donors (Lipinski definition) is 0. The molecule has 0 bridgehead atoms. The van der Waals surface area contributed by atoms with Crippen molar-refractivity contribution in [1.82, 2.24) is 9.38 Å². The predicted molar refractivity (Wildman–Crippen MR) is 132 cm³/mol. The van der Waals surface area contributed by atoms with Crippen LogP contribution in [0.4, 0.5) is 0 Å². The third kappa shape index (κ3) is 3.78. The first-order valence-electron chi connectivity index (χ1n) is 10.0. The monoisotopic (exact) mass is 506 g/mol. The molecule has 0 unspecified atom stereocenters.